The van der Waals surface area contributed by atoms with Crippen LogP contribution in [0.2, 0.25) is 0 Å². The molecule has 6 nitrogen and oxygen atoms in total. The van der Waals surface area contributed by atoms with Crippen molar-refractivity contribution >= 4 is 27.7 Å². The third-order valence-electron chi connectivity index (χ3n) is 7.72. The summed E-state index contributed by atoms with van der Waals surface area (Å²) in [6, 6.07) is 13.6. The summed E-state index contributed by atoms with van der Waals surface area (Å²) in [7, 11) is 3.26. The van der Waals surface area contributed by atoms with Gasteiger partial charge in [-0.2, -0.15) is 0 Å². The number of methoxy groups -OCH3 is 2. The SMILES string of the molecule is COc1ccc([C@@H]2CC(=O)C3=C(C2)NC(C)=C(C(=O)OC2CCCC2)[C@@H]3c2ccc(OC)c(Br)c2)cc1. The lowest BCUT2D eigenvalue weighted by Gasteiger charge is -2.37. The summed E-state index contributed by atoms with van der Waals surface area (Å²) >= 11 is 3.59. The molecule has 0 saturated heterocycles. The lowest BCUT2D eigenvalue weighted by atomic mass is 9.71. The van der Waals surface area contributed by atoms with Crippen LogP contribution < -0.4 is 14.8 Å². The summed E-state index contributed by atoms with van der Waals surface area (Å²) in [5.41, 5.74) is 4.74. The van der Waals surface area contributed by atoms with Gasteiger partial charge in [-0.1, -0.05) is 18.2 Å². The van der Waals surface area contributed by atoms with E-state index in [1.165, 1.54) is 0 Å². The number of rotatable bonds is 6. The molecule has 1 fully saturated rings. The van der Waals surface area contributed by atoms with Crippen LogP contribution in [-0.4, -0.2) is 32.1 Å². The molecule has 0 radical (unpaired) electrons. The van der Waals surface area contributed by atoms with Gasteiger partial charge in [0, 0.05) is 29.3 Å². The van der Waals surface area contributed by atoms with Gasteiger partial charge in [-0.3, -0.25) is 4.79 Å². The predicted octanol–water partition coefficient (Wildman–Crippen LogP) is 6.31. The van der Waals surface area contributed by atoms with Crippen LogP contribution in [0.5, 0.6) is 11.5 Å². The second kappa shape index (κ2) is 10.7. The number of hydrogen-bond acceptors (Lipinski definition) is 6. The maximum absolute atomic E-state index is 13.8. The molecule has 2 atom stereocenters. The lowest BCUT2D eigenvalue weighted by molar-refractivity contribution is -0.144. The van der Waals surface area contributed by atoms with E-state index in [4.69, 9.17) is 14.2 Å². The number of carbonyl (C=O) groups is 2. The molecule has 2 aliphatic carbocycles. The van der Waals surface area contributed by atoms with Gasteiger partial charge in [0.2, 0.25) is 0 Å². The summed E-state index contributed by atoms with van der Waals surface area (Å²) in [6.45, 7) is 1.90. The van der Waals surface area contributed by atoms with Crippen LogP contribution in [0.4, 0.5) is 0 Å². The molecular weight excluding hydrogens is 534 g/mol. The molecule has 1 N–H and O–H groups in total. The lowest BCUT2D eigenvalue weighted by Crippen LogP contribution is -2.36. The molecule has 0 aromatic heterocycles. The van der Waals surface area contributed by atoms with Crippen molar-refractivity contribution in [1.82, 2.24) is 5.32 Å². The van der Waals surface area contributed by atoms with Gasteiger partial charge in [0.1, 0.15) is 17.6 Å². The second-order valence-electron chi connectivity index (χ2n) is 10.00. The summed E-state index contributed by atoms with van der Waals surface area (Å²) in [5.74, 6) is 0.730. The van der Waals surface area contributed by atoms with Crippen LogP contribution in [0.3, 0.4) is 0 Å². The van der Waals surface area contributed by atoms with Crippen molar-refractivity contribution in [3.05, 3.63) is 80.6 Å². The zero-order valence-electron chi connectivity index (χ0n) is 21.4. The highest BCUT2D eigenvalue weighted by molar-refractivity contribution is 9.10. The molecule has 2 aromatic rings. The molecule has 5 rings (SSSR count). The van der Waals surface area contributed by atoms with E-state index in [-0.39, 0.29) is 23.8 Å². The van der Waals surface area contributed by atoms with E-state index in [1.807, 2.05) is 49.4 Å². The molecule has 194 valence electrons. The van der Waals surface area contributed by atoms with Crippen LogP contribution in [0.1, 0.15) is 68.4 Å². The van der Waals surface area contributed by atoms with Gasteiger partial charge >= 0.3 is 5.97 Å². The summed E-state index contributed by atoms with van der Waals surface area (Å²) < 4.78 is 17.5. The second-order valence-corrected chi connectivity index (χ2v) is 10.9. The van der Waals surface area contributed by atoms with E-state index < -0.39 is 5.92 Å². The third kappa shape index (κ3) is 5.06. The van der Waals surface area contributed by atoms with Gasteiger partial charge in [0.25, 0.3) is 0 Å². The Morgan fingerprint density at radius 1 is 0.973 bits per heavy atom. The third-order valence-corrected chi connectivity index (χ3v) is 8.34. The Kier molecular flexibility index (Phi) is 7.43. The molecule has 1 aliphatic heterocycles. The van der Waals surface area contributed by atoms with E-state index in [2.05, 4.69) is 21.2 Å². The Balaban J connectivity index is 1.54. The van der Waals surface area contributed by atoms with E-state index in [0.29, 0.717) is 29.7 Å². The minimum absolute atomic E-state index is 0.0465. The first-order valence-electron chi connectivity index (χ1n) is 12.8. The number of ether oxygens (including phenoxy) is 3. The summed E-state index contributed by atoms with van der Waals surface area (Å²) in [4.78, 5) is 27.4. The summed E-state index contributed by atoms with van der Waals surface area (Å²) in [5, 5.41) is 3.44. The quantitative estimate of drug-likeness (QED) is 0.413. The van der Waals surface area contributed by atoms with Crippen molar-refractivity contribution < 1.29 is 23.8 Å². The fourth-order valence-corrected chi connectivity index (χ4v) is 6.40. The molecule has 2 aromatic carbocycles. The van der Waals surface area contributed by atoms with Crippen LogP contribution in [0.15, 0.2) is 69.5 Å². The van der Waals surface area contributed by atoms with Crippen molar-refractivity contribution in [1.29, 1.82) is 0 Å². The van der Waals surface area contributed by atoms with Gasteiger partial charge in [-0.25, -0.2) is 4.79 Å². The number of benzene rings is 2. The molecular formula is C30H32BrNO5. The zero-order valence-corrected chi connectivity index (χ0v) is 23.0. The fraction of sp³-hybridized carbons (Fsp3) is 0.400. The van der Waals surface area contributed by atoms with Crippen LogP contribution >= 0.6 is 15.9 Å². The first-order chi connectivity index (χ1) is 17.9. The van der Waals surface area contributed by atoms with Crippen molar-refractivity contribution in [2.24, 2.45) is 0 Å². The Labute approximate surface area is 226 Å². The number of nitrogens with one attached hydrogen (secondary N) is 1. The number of carbonyl (C=O) groups excluding carboxylic acids is 2. The Bertz CT molecular complexity index is 1270. The molecule has 1 heterocycles. The van der Waals surface area contributed by atoms with E-state index in [1.54, 1.807) is 14.2 Å². The standard InChI is InChI=1S/C30H32BrNO5/c1-17-27(30(34)37-22-6-4-5-7-22)28(19-10-13-26(36-3)23(31)14-19)29-24(32-17)15-20(16-25(29)33)18-8-11-21(35-2)12-9-18/h8-14,20,22,28,32H,4-7,15-16H2,1-3H3/t20-,28-/m0/s1. The van der Waals surface area contributed by atoms with E-state index in [9.17, 15) is 9.59 Å². The fourth-order valence-electron chi connectivity index (χ4n) is 5.84. The minimum Gasteiger partial charge on any atom is -0.497 e. The number of halogens is 1. The number of allylic oxidation sites excluding steroid dienone is 3. The van der Waals surface area contributed by atoms with Crippen LogP contribution in [0.25, 0.3) is 0 Å². The number of esters is 1. The van der Waals surface area contributed by atoms with E-state index >= 15 is 0 Å². The van der Waals surface area contributed by atoms with Gasteiger partial charge < -0.3 is 19.5 Å². The largest absolute Gasteiger partial charge is 0.497 e. The van der Waals surface area contributed by atoms with Gasteiger partial charge in [-0.05, 0) is 96.3 Å². The predicted molar refractivity (Wildman–Crippen MR) is 145 cm³/mol. The molecule has 7 heteroatoms. The molecule has 37 heavy (non-hydrogen) atoms. The summed E-state index contributed by atoms with van der Waals surface area (Å²) in [6.07, 6.45) is 4.93. The minimum atomic E-state index is -0.503. The van der Waals surface area contributed by atoms with Crippen molar-refractivity contribution in [3.63, 3.8) is 0 Å². The highest BCUT2D eigenvalue weighted by Gasteiger charge is 2.42. The van der Waals surface area contributed by atoms with Crippen LogP contribution in [0, 0.1) is 0 Å². The molecule has 3 aliphatic rings. The van der Waals surface area contributed by atoms with Crippen molar-refractivity contribution in [2.75, 3.05) is 14.2 Å². The monoisotopic (exact) mass is 565 g/mol. The van der Waals surface area contributed by atoms with Crippen LogP contribution in [-0.2, 0) is 14.3 Å². The molecule has 0 unspecified atom stereocenters. The first kappa shape index (κ1) is 25.6. The number of hydrogen-bond donors (Lipinski definition) is 1. The van der Waals surface area contributed by atoms with Crippen molar-refractivity contribution in [3.8, 4) is 11.5 Å². The number of ketones is 1. The van der Waals surface area contributed by atoms with Crippen molar-refractivity contribution in [2.45, 2.75) is 63.4 Å². The highest BCUT2D eigenvalue weighted by atomic mass is 79.9. The molecule has 1 saturated carbocycles. The Hall–Kier alpha value is -3.06. The Morgan fingerprint density at radius 3 is 2.32 bits per heavy atom. The smallest absolute Gasteiger partial charge is 0.337 e. The normalized spacial score (nSPS) is 22.0. The maximum Gasteiger partial charge on any atom is 0.337 e. The molecule has 0 amide bonds. The first-order valence-corrected chi connectivity index (χ1v) is 13.6. The van der Waals surface area contributed by atoms with Gasteiger partial charge in [0.05, 0.1) is 24.3 Å². The zero-order chi connectivity index (χ0) is 26.1. The Morgan fingerprint density at radius 2 is 1.68 bits per heavy atom. The van der Waals surface area contributed by atoms with Gasteiger partial charge in [-0.15, -0.1) is 0 Å². The average molecular weight is 566 g/mol. The maximum atomic E-state index is 13.8. The van der Waals surface area contributed by atoms with Gasteiger partial charge in [0.15, 0.2) is 5.78 Å². The number of dihydropyridines is 1. The molecule has 0 bridgehead atoms. The van der Waals surface area contributed by atoms with E-state index in [0.717, 1.165) is 58.4 Å². The number of Topliss-reactive ketones (excluding diaryl/α,β-unsaturated/α-hetero) is 1. The highest BCUT2D eigenvalue weighted by Crippen LogP contribution is 2.47. The average Bonchev–Trinajstić information content (AvgIpc) is 3.40. The molecule has 0 spiro atoms. The topological polar surface area (TPSA) is 73.9 Å².